The summed E-state index contributed by atoms with van der Waals surface area (Å²) in [5.74, 6) is -6.66. The summed E-state index contributed by atoms with van der Waals surface area (Å²) in [5.41, 5.74) is 1.34. The maximum Gasteiger partial charge on any atom is 0.271 e. The molecule has 0 radical (unpaired) electrons. The van der Waals surface area contributed by atoms with Crippen LogP contribution in [0, 0.1) is 17.5 Å². The van der Waals surface area contributed by atoms with Crippen LogP contribution in [-0.4, -0.2) is 22.7 Å². The van der Waals surface area contributed by atoms with Crippen molar-refractivity contribution in [1.29, 1.82) is 0 Å². The van der Waals surface area contributed by atoms with Gasteiger partial charge in [-0.05, 0) is 35.7 Å². The van der Waals surface area contributed by atoms with Crippen molar-refractivity contribution in [2.24, 2.45) is 0 Å². The van der Waals surface area contributed by atoms with Gasteiger partial charge in [-0.3, -0.25) is 14.9 Å². The minimum atomic E-state index is -4.82. The van der Waals surface area contributed by atoms with E-state index >= 15 is 0 Å². The highest BCUT2D eigenvalue weighted by atomic mass is 32.2. The van der Waals surface area contributed by atoms with Gasteiger partial charge in [-0.1, -0.05) is 18.2 Å². The van der Waals surface area contributed by atoms with E-state index in [9.17, 15) is 34.8 Å². The summed E-state index contributed by atoms with van der Waals surface area (Å²) in [7, 11) is -8.82. The van der Waals surface area contributed by atoms with E-state index in [1.165, 1.54) is 36.4 Å². The number of anilines is 1. The smallest absolute Gasteiger partial charge is 0.271 e. The number of amides is 1. The summed E-state index contributed by atoms with van der Waals surface area (Å²) in [5, 5.41) is 1.54. The number of hydrogen-bond acceptors (Lipinski definition) is 6. The number of rotatable bonds is 7. The molecule has 2 aromatic carbocycles. The number of carbonyl (C=O) groups is 1. The zero-order chi connectivity index (χ0) is 22.8. The summed E-state index contributed by atoms with van der Waals surface area (Å²) in [6, 6.07) is 9.04. The minimum Gasteiger partial charge on any atom is -0.278 e. The number of thiophene rings is 1. The van der Waals surface area contributed by atoms with Gasteiger partial charge in [0.05, 0.1) is 11.3 Å². The zero-order valence-electron chi connectivity index (χ0n) is 15.1. The molecule has 0 atom stereocenters. The lowest BCUT2D eigenvalue weighted by Crippen LogP contribution is -2.42. The van der Waals surface area contributed by atoms with Crippen LogP contribution in [0.3, 0.4) is 0 Å². The Hall–Kier alpha value is -2.94. The van der Waals surface area contributed by atoms with E-state index in [-0.39, 0.29) is 15.5 Å². The maximum atomic E-state index is 13.8. The molecule has 1 heterocycles. The van der Waals surface area contributed by atoms with E-state index in [1.54, 1.807) is 15.6 Å². The molecule has 31 heavy (non-hydrogen) atoms. The monoisotopic (exact) mass is 491 g/mol. The average Bonchev–Trinajstić information content (AvgIpc) is 3.26. The Bertz CT molecular complexity index is 1340. The van der Waals surface area contributed by atoms with Crippen LogP contribution in [-0.2, 0) is 20.0 Å². The van der Waals surface area contributed by atoms with E-state index in [1.807, 2.05) is 0 Å². The average molecular weight is 491 g/mol. The molecule has 14 heteroatoms. The van der Waals surface area contributed by atoms with Crippen molar-refractivity contribution in [2.75, 3.05) is 4.72 Å². The van der Waals surface area contributed by atoms with Crippen molar-refractivity contribution >= 4 is 43.0 Å². The molecule has 3 aromatic rings. The standard InChI is InChI=1S/C17H12F3N3O5S3/c18-11-7-8-13(16(20)15(11)19)30(25,26)23-21-17(24)10-4-1-2-5-12(10)22-31(27,28)14-6-3-9-29-14/h1-9,22-23H,(H,21,24). The molecular formula is C17H12F3N3O5S3. The third-order valence-corrected chi connectivity index (χ3v) is 7.79. The Kier molecular flexibility index (Phi) is 6.35. The second-order valence-corrected chi connectivity index (χ2v) is 10.3. The van der Waals surface area contributed by atoms with Gasteiger partial charge in [0.2, 0.25) is 0 Å². The minimum absolute atomic E-state index is 0.0165. The van der Waals surface area contributed by atoms with E-state index in [0.29, 0.717) is 12.1 Å². The van der Waals surface area contributed by atoms with Crippen LogP contribution in [0.15, 0.2) is 63.0 Å². The number of hydrogen-bond donors (Lipinski definition) is 3. The maximum absolute atomic E-state index is 13.8. The summed E-state index contributed by atoms with van der Waals surface area (Å²) < 4.78 is 91.4. The van der Waals surface area contributed by atoms with Crippen LogP contribution in [0.5, 0.6) is 0 Å². The first-order valence-corrected chi connectivity index (χ1v) is 12.0. The predicted octanol–water partition coefficient (Wildman–Crippen LogP) is 2.59. The normalized spacial score (nSPS) is 11.8. The first-order chi connectivity index (χ1) is 14.5. The molecular weight excluding hydrogens is 479 g/mol. The zero-order valence-corrected chi connectivity index (χ0v) is 17.5. The van der Waals surface area contributed by atoms with Gasteiger partial charge in [0.1, 0.15) is 9.10 Å². The van der Waals surface area contributed by atoms with Gasteiger partial charge in [0, 0.05) is 0 Å². The highest BCUT2D eigenvalue weighted by Crippen LogP contribution is 2.23. The fraction of sp³-hybridized carbons (Fsp3) is 0. The fourth-order valence-corrected chi connectivity index (χ4v) is 5.32. The molecule has 3 N–H and O–H groups in total. The molecule has 0 aliphatic heterocycles. The SMILES string of the molecule is O=C(NNS(=O)(=O)c1ccc(F)c(F)c1F)c1ccccc1NS(=O)(=O)c1cccs1. The van der Waals surface area contributed by atoms with Crippen molar-refractivity contribution in [3.63, 3.8) is 0 Å². The van der Waals surface area contributed by atoms with Crippen molar-refractivity contribution in [3.8, 4) is 0 Å². The van der Waals surface area contributed by atoms with Gasteiger partial charge < -0.3 is 0 Å². The molecule has 0 spiro atoms. The number of benzene rings is 2. The van der Waals surface area contributed by atoms with Crippen LogP contribution in [0.1, 0.15) is 10.4 Å². The van der Waals surface area contributed by atoms with Gasteiger partial charge in [-0.2, -0.15) is 0 Å². The van der Waals surface area contributed by atoms with Crippen molar-refractivity contribution in [3.05, 3.63) is 76.9 Å². The summed E-state index contributed by atoms with van der Waals surface area (Å²) in [4.78, 5) is 12.7. The molecule has 1 amide bonds. The second-order valence-electron chi connectivity index (χ2n) is 5.82. The first-order valence-electron chi connectivity index (χ1n) is 8.14. The van der Waals surface area contributed by atoms with E-state index in [0.717, 1.165) is 11.3 Å². The van der Waals surface area contributed by atoms with Crippen molar-refractivity contribution in [1.82, 2.24) is 10.3 Å². The van der Waals surface area contributed by atoms with Crippen LogP contribution in [0.25, 0.3) is 0 Å². The highest BCUT2D eigenvalue weighted by Gasteiger charge is 2.25. The summed E-state index contributed by atoms with van der Waals surface area (Å²) in [6.07, 6.45) is 0. The Labute approximate surface area is 178 Å². The summed E-state index contributed by atoms with van der Waals surface area (Å²) in [6.45, 7) is 0. The number of halogens is 3. The molecule has 3 rings (SSSR count). The van der Waals surface area contributed by atoms with Gasteiger partial charge >= 0.3 is 0 Å². The Morgan fingerprint density at radius 3 is 2.23 bits per heavy atom. The molecule has 0 unspecified atom stereocenters. The molecule has 0 aliphatic rings. The van der Waals surface area contributed by atoms with Crippen LogP contribution >= 0.6 is 11.3 Å². The molecule has 8 nitrogen and oxygen atoms in total. The molecule has 164 valence electrons. The first kappa shape index (κ1) is 22.7. The lowest BCUT2D eigenvalue weighted by atomic mass is 10.2. The molecule has 0 aliphatic carbocycles. The van der Waals surface area contributed by atoms with E-state index in [4.69, 9.17) is 0 Å². The number of para-hydroxylation sites is 1. The van der Waals surface area contributed by atoms with E-state index < -0.39 is 48.3 Å². The van der Waals surface area contributed by atoms with Gasteiger partial charge in [-0.15, -0.1) is 16.2 Å². The lowest BCUT2D eigenvalue weighted by Gasteiger charge is -2.13. The van der Waals surface area contributed by atoms with Crippen LogP contribution in [0.2, 0.25) is 0 Å². The number of nitrogens with one attached hydrogen (secondary N) is 3. The number of sulfonamides is 2. The lowest BCUT2D eigenvalue weighted by molar-refractivity contribution is 0.0946. The van der Waals surface area contributed by atoms with Gasteiger partial charge in [-0.25, -0.2) is 30.0 Å². The highest BCUT2D eigenvalue weighted by molar-refractivity contribution is 7.94. The molecule has 0 bridgehead atoms. The largest absolute Gasteiger partial charge is 0.278 e. The predicted molar refractivity (Wildman–Crippen MR) is 106 cm³/mol. The van der Waals surface area contributed by atoms with Gasteiger partial charge in [0.15, 0.2) is 17.5 Å². The Morgan fingerprint density at radius 2 is 1.55 bits per heavy atom. The number of hydrazine groups is 1. The van der Waals surface area contributed by atoms with E-state index in [2.05, 4.69) is 4.72 Å². The Balaban J connectivity index is 1.81. The van der Waals surface area contributed by atoms with Crippen LogP contribution < -0.4 is 15.0 Å². The Morgan fingerprint density at radius 1 is 0.839 bits per heavy atom. The fourth-order valence-electron chi connectivity index (χ4n) is 2.33. The topological polar surface area (TPSA) is 121 Å². The summed E-state index contributed by atoms with van der Waals surface area (Å²) >= 11 is 0.943. The van der Waals surface area contributed by atoms with Crippen LogP contribution in [0.4, 0.5) is 18.9 Å². The van der Waals surface area contributed by atoms with Gasteiger partial charge in [0.25, 0.3) is 26.0 Å². The molecule has 0 saturated carbocycles. The molecule has 1 aromatic heterocycles. The molecule has 0 saturated heterocycles. The van der Waals surface area contributed by atoms with Crippen molar-refractivity contribution in [2.45, 2.75) is 9.10 Å². The third kappa shape index (κ3) is 4.87. The third-order valence-electron chi connectivity index (χ3n) is 3.76. The molecule has 0 fully saturated rings. The number of carbonyl (C=O) groups excluding carboxylic acids is 1. The quantitative estimate of drug-likeness (QED) is 0.347. The second kappa shape index (κ2) is 8.66. The van der Waals surface area contributed by atoms with Crippen molar-refractivity contribution < 1.29 is 34.8 Å².